The third-order valence-electron chi connectivity index (χ3n) is 1.24. The molecule has 0 heterocycles. The van der Waals surface area contributed by atoms with Gasteiger partial charge in [0.1, 0.15) is 6.04 Å². The van der Waals surface area contributed by atoms with Crippen molar-refractivity contribution in [2.75, 3.05) is 13.2 Å². The normalized spacial score (nSPS) is 12.6. The molecule has 0 aliphatic heterocycles. The monoisotopic (exact) mass is 161 g/mol. The van der Waals surface area contributed by atoms with Crippen LogP contribution in [0.3, 0.4) is 0 Å². The maximum atomic E-state index is 10.7. The Balaban J connectivity index is 3.36. The smallest absolute Gasteiger partial charge is 0.325 e. The summed E-state index contributed by atoms with van der Waals surface area (Å²) in [4.78, 5) is 10.7. The molecule has 11 heavy (non-hydrogen) atoms. The zero-order chi connectivity index (χ0) is 8.69. The van der Waals surface area contributed by atoms with E-state index >= 15 is 0 Å². The van der Waals surface area contributed by atoms with Gasteiger partial charge in [-0.1, -0.05) is 13.3 Å². The zero-order valence-corrected chi connectivity index (χ0v) is 6.75. The van der Waals surface area contributed by atoms with Crippen LogP contribution in [0.2, 0.25) is 0 Å². The number of rotatable bonds is 5. The molecular weight excluding hydrogens is 146 g/mol. The summed E-state index contributed by atoms with van der Waals surface area (Å²) < 4.78 is 4.71. The van der Waals surface area contributed by atoms with E-state index < -0.39 is 12.0 Å². The first kappa shape index (κ1) is 10.4. The Labute approximate surface area is 66.3 Å². The summed E-state index contributed by atoms with van der Waals surface area (Å²) in [5.41, 5.74) is 5.17. The number of esters is 1. The fraction of sp³-hybridized carbons (Fsp3) is 0.857. The minimum absolute atomic E-state index is 0.356. The highest BCUT2D eigenvalue weighted by Gasteiger charge is 2.12. The highest BCUT2D eigenvalue weighted by molar-refractivity contribution is 5.75. The summed E-state index contributed by atoms with van der Waals surface area (Å²) in [7, 11) is 0. The predicted molar refractivity (Wildman–Crippen MR) is 40.9 cm³/mol. The number of aliphatic hydroxyl groups is 1. The van der Waals surface area contributed by atoms with E-state index in [9.17, 15) is 4.79 Å². The van der Waals surface area contributed by atoms with Gasteiger partial charge in [-0.3, -0.25) is 4.79 Å². The van der Waals surface area contributed by atoms with Gasteiger partial charge in [-0.05, 0) is 6.42 Å². The van der Waals surface area contributed by atoms with E-state index in [4.69, 9.17) is 15.6 Å². The van der Waals surface area contributed by atoms with Crippen LogP contribution in [-0.2, 0) is 9.53 Å². The number of nitrogens with two attached hydrogens (primary N) is 1. The maximum Gasteiger partial charge on any atom is 0.325 e. The van der Waals surface area contributed by atoms with Gasteiger partial charge in [-0.2, -0.15) is 0 Å². The predicted octanol–water partition coefficient (Wildman–Crippen LogP) is -0.351. The SMILES string of the molecule is CCCCOC(=O)[C@H](N)CO. The first-order chi connectivity index (χ1) is 5.22. The van der Waals surface area contributed by atoms with Crippen molar-refractivity contribution in [2.45, 2.75) is 25.8 Å². The molecule has 0 amide bonds. The van der Waals surface area contributed by atoms with Gasteiger partial charge in [-0.15, -0.1) is 0 Å². The molecule has 0 fully saturated rings. The number of carbonyl (C=O) groups is 1. The van der Waals surface area contributed by atoms with Crippen LogP contribution >= 0.6 is 0 Å². The van der Waals surface area contributed by atoms with Crippen LogP contribution in [0, 0.1) is 0 Å². The van der Waals surface area contributed by atoms with E-state index in [1.165, 1.54) is 0 Å². The molecule has 0 saturated carbocycles. The highest BCUT2D eigenvalue weighted by Crippen LogP contribution is 1.90. The Morgan fingerprint density at radius 1 is 1.73 bits per heavy atom. The number of carbonyl (C=O) groups excluding carboxylic acids is 1. The molecule has 0 spiro atoms. The second-order valence-electron chi connectivity index (χ2n) is 2.31. The van der Waals surface area contributed by atoms with E-state index in [-0.39, 0.29) is 6.61 Å². The van der Waals surface area contributed by atoms with E-state index in [2.05, 4.69) is 0 Å². The second-order valence-corrected chi connectivity index (χ2v) is 2.31. The van der Waals surface area contributed by atoms with Crippen molar-refractivity contribution in [3.05, 3.63) is 0 Å². The van der Waals surface area contributed by atoms with Crippen LogP contribution in [0.5, 0.6) is 0 Å². The van der Waals surface area contributed by atoms with Gasteiger partial charge < -0.3 is 15.6 Å². The fourth-order valence-corrected chi connectivity index (χ4v) is 0.499. The first-order valence-corrected chi connectivity index (χ1v) is 3.75. The van der Waals surface area contributed by atoms with Crippen molar-refractivity contribution < 1.29 is 14.6 Å². The van der Waals surface area contributed by atoms with E-state index in [0.29, 0.717) is 6.61 Å². The molecule has 0 aliphatic rings. The van der Waals surface area contributed by atoms with Crippen LogP contribution in [0.4, 0.5) is 0 Å². The molecule has 66 valence electrons. The van der Waals surface area contributed by atoms with Crippen molar-refractivity contribution in [3.8, 4) is 0 Å². The highest BCUT2D eigenvalue weighted by atomic mass is 16.5. The van der Waals surface area contributed by atoms with Gasteiger partial charge in [0.05, 0.1) is 13.2 Å². The van der Waals surface area contributed by atoms with E-state index in [1.54, 1.807) is 0 Å². The molecule has 0 unspecified atom stereocenters. The van der Waals surface area contributed by atoms with Crippen LogP contribution in [0.15, 0.2) is 0 Å². The molecule has 0 aromatic heterocycles. The lowest BCUT2D eigenvalue weighted by molar-refractivity contribution is -0.146. The van der Waals surface area contributed by atoms with Gasteiger partial charge in [0, 0.05) is 0 Å². The average molecular weight is 161 g/mol. The van der Waals surface area contributed by atoms with Crippen molar-refractivity contribution in [1.82, 2.24) is 0 Å². The minimum atomic E-state index is -0.883. The number of unbranched alkanes of at least 4 members (excludes halogenated alkanes) is 1. The van der Waals surface area contributed by atoms with Gasteiger partial charge in [-0.25, -0.2) is 0 Å². The van der Waals surface area contributed by atoms with Crippen molar-refractivity contribution in [2.24, 2.45) is 5.73 Å². The Hall–Kier alpha value is -0.610. The quantitative estimate of drug-likeness (QED) is 0.427. The minimum Gasteiger partial charge on any atom is -0.464 e. The number of aliphatic hydroxyl groups excluding tert-OH is 1. The fourth-order valence-electron chi connectivity index (χ4n) is 0.499. The van der Waals surface area contributed by atoms with Crippen LogP contribution in [0.25, 0.3) is 0 Å². The molecule has 3 N–H and O–H groups in total. The molecule has 1 atom stereocenters. The van der Waals surface area contributed by atoms with Crippen LogP contribution in [0.1, 0.15) is 19.8 Å². The summed E-state index contributed by atoms with van der Waals surface area (Å²) in [6, 6.07) is -0.883. The molecule has 4 heteroatoms. The summed E-state index contributed by atoms with van der Waals surface area (Å²) in [5.74, 6) is -0.527. The largest absolute Gasteiger partial charge is 0.464 e. The standard InChI is InChI=1S/C7H15NO3/c1-2-3-4-11-7(10)6(8)5-9/h6,9H,2-5,8H2,1H3/t6-/m1/s1. The Kier molecular flexibility index (Phi) is 5.78. The summed E-state index contributed by atoms with van der Waals surface area (Å²) in [6.07, 6.45) is 1.81. The van der Waals surface area contributed by atoms with Gasteiger partial charge in [0.2, 0.25) is 0 Å². The molecule has 0 rings (SSSR count). The first-order valence-electron chi connectivity index (χ1n) is 3.75. The van der Waals surface area contributed by atoms with E-state index in [0.717, 1.165) is 12.8 Å². The van der Waals surface area contributed by atoms with Gasteiger partial charge in [0.25, 0.3) is 0 Å². The lowest BCUT2D eigenvalue weighted by Gasteiger charge is -2.07. The molecule has 0 aromatic rings. The second kappa shape index (κ2) is 6.12. The van der Waals surface area contributed by atoms with Crippen LogP contribution in [-0.4, -0.2) is 30.3 Å². The van der Waals surface area contributed by atoms with Gasteiger partial charge in [0.15, 0.2) is 0 Å². The Morgan fingerprint density at radius 3 is 2.82 bits per heavy atom. The molecule has 0 aromatic carbocycles. The number of hydrogen-bond donors (Lipinski definition) is 2. The van der Waals surface area contributed by atoms with Crippen molar-refractivity contribution >= 4 is 5.97 Å². The number of hydrogen-bond acceptors (Lipinski definition) is 4. The lowest BCUT2D eigenvalue weighted by atomic mass is 10.3. The molecule has 0 bridgehead atoms. The third kappa shape index (κ3) is 4.75. The molecule has 0 radical (unpaired) electrons. The van der Waals surface area contributed by atoms with E-state index in [1.807, 2.05) is 6.92 Å². The lowest BCUT2D eigenvalue weighted by Crippen LogP contribution is -2.35. The van der Waals surface area contributed by atoms with Crippen molar-refractivity contribution in [1.29, 1.82) is 0 Å². The average Bonchev–Trinajstić information content (AvgIpc) is 2.03. The molecule has 0 saturated heterocycles. The van der Waals surface area contributed by atoms with Crippen molar-refractivity contribution in [3.63, 3.8) is 0 Å². The maximum absolute atomic E-state index is 10.7. The molecule has 0 aliphatic carbocycles. The molecular formula is C7H15NO3. The summed E-state index contributed by atoms with van der Waals surface area (Å²) in [5, 5.41) is 8.44. The van der Waals surface area contributed by atoms with Gasteiger partial charge >= 0.3 is 5.97 Å². The Morgan fingerprint density at radius 2 is 2.36 bits per heavy atom. The number of ether oxygens (including phenoxy) is 1. The Bertz CT molecular complexity index is 116. The molecule has 4 nitrogen and oxygen atoms in total. The van der Waals surface area contributed by atoms with Crippen LogP contribution < -0.4 is 5.73 Å². The summed E-state index contributed by atoms with van der Waals surface area (Å²) in [6.45, 7) is 2.04. The zero-order valence-electron chi connectivity index (χ0n) is 6.75. The topological polar surface area (TPSA) is 72.5 Å². The summed E-state index contributed by atoms with van der Waals surface area (Å²) >= 11 is 0. The third-order valence-corrected chi connectivity index (χ3v) is 1.24.